The predicted octanol–water partition coefficient (Wildman–Crippen LogP) is 11.2. The Balaban J connectivity index is 0.000000583. The molecule has 1 fully saturated rings. The standard InChI is InChI=1S/C27H43BNO2S.C9H18O2.C6H14/c1-8-11-19-16-21(17-19)29-23-18-20(28-31-25(4,5)26(6,7)32)12-13-22(23)27(14-9-2,15-10-3)24(29)30;1-6-7(2)8(10)11-9(3,4)5;1-3-5-6-4-2/h12-13,18-19,21,32H,8-11,14-17H2,1-7H3;7H,6H2,1-5H3;3-6H2,1-2H3. The number of ether oxygens (including phenoxy) is 1. The smallest absolute Gasteiger partial charge is 0.330 e. The van der Waals surface area contributed by atoms with Crippen molar-refractivity contribution >= 4 is 43.1 Å². The van der Waals surface area contributed by atoms with Gasteiger partial charge < -0.3 is 14.3 Å². The predicted molar refractivity (Wildman–Crippen MR) is 216 cm³/mol. The minimum absolute atomic E-state index is 0.0224. The molecule has 1 aliphatic carbocycles. The number of benzene rings is 1. The molecule has 1 unspecified atom stereocenters. The molecule has 3 rings (SSSR count). The van der Waals surface area contributed by atoms with E-state index >= 15 is 0 Å². The average Bonchev–Trinajstić information content (AvgIpc) is 3.22. The van der Waals surface area contributed by atoms with E-state index in [0.717, 1.165) is 62.0 Å². The van der Waals surface area contributed by atoms with E-state index < -0.39 is 5.60 Å². The number of rotatable bonds is 16. The second-order valence-corrected chi connectivity index (χ2v) is 17.8. The van der Waals surface area contributed by atoms with Gasteiger partial charge in [0.15, 0.2) is 0 Å². The lowest BCUT2D eigenvalue weighted by Gasteiger charge is -2.42. The molecule has 281 valence electrons. The quantitative estimate of drug-likeness (QED) is 0.0807. The fraction of sp³-hybridized carbons (Fsp3) is 0.810. The molecule has 0 saturated heterocycles. The van der Waals surface area contributed by atoms with Crippen molar-refractivity contribution in [2.75, 3.05) is 4.90 Å². The topological polar surface area (TPSA) is 55.8 Å². The van der Waals surface area contributed by atoms with Crippen molar-refractivity contribution in [3.05, 3.63) is 23.8 Å². The lowest BCUT2D eigenvalue weighted by Crippen LogP contribution is -2.50. The van der Waals surface area contributed by atoms with Crippen molar-refractivity contribution in [2.24, 2.45) is 11.8 Å². The van der Waals surface area contributed by atoms with E-state index in [0.29, 0.717) is 11.9 Å². The number of hydrogen-bond acceptors (Lipinski definition) is 5. The molecular weight excluding hydrogens is 625 g/mol. The molecule has 0 spiro atoms. The van der Waals surface area contributed by atoms with Crippen LogP contribution in [0.3, 0.4) is 0 Å². The monoisotopic (exact) mass is 701 g/mol. The van der Waals surface area contributed by atoms with Gasteiger partial charge in [-0.15, -0.1) is 0 Å². The van der Waals surface area contributed by atoms with Crippen LogP contribution in [0.5, 0.6) is 0 Å². The Hall–Kier alpha value is -1.47. The zero-order chi connectivity index (χ0) is 37.6. The first-order chi connectivity index (χ1) is 22.8. The first-order valence-electron chi connectivity index (χ1n) is 19.7. The molecule has 1 atom stereocenters. The van der Waals surface area contributed by atoms with Crippen molar-refractivity contribution in [1.29, 1.82) is 0 Å². The molecule has 1 saturated carbocycles. The maximum absolute atomic E-state index is 14.0. The Labute approximate surface area is 309 Å². The van der Waals surface area contributed by atoms with E-state index in [-0.39, 0.29) is 27.7 Å². The van der Waals surface area contributed by atoms with Crippen molar-refractivity contribution in [2.45, 2.75) is 208 Å². The van der Waals surface area contributed by atoms with Crippen LogP contribution in [0.15, 0.2) is 18.2 Å². The molecule has 1 aliphatic heterocycles. The zero-order valence-corrected chi connectivity index (χ0v) is 35.2. The second kappa shape index (κ2) is 20.5. The van der Waals surface area contributed by atoms with E-state index in [9.17, 15) is 9.59 Å². The SMILES string of the molecule is CCC(C)C(=O)OC(C)(C)C.CCCC1CC(N2C(=O)C(CCC)(CCC)c3ccc([B]OC(C)(C)C(C)(C)S)cc32)C1.CCCCCC. The number of hydrogen-bond donors (Lipinski definition) is 1. The molecule has 1 aromatic rings. The van der Waals surface area contributed by atoms with E-state index in [1.807, 2.05) is 42.1 Å². The Bertz CT molecular complexity index is 1120. The molecule has 0 N–H and O–H groups in total. The van der Waals surface area contributed by atoms with Crippen molar-refractivity contribution in [1.82, 2.24) is 0 Å². The van der Waals surface area contributed by atoms with Crippen LogP contribution in [-0.4, -0.2) is 41.3 Å². The molecule has 1 radical (unpaired) electrons. The third-order valence-corrected chi connectivity index (χ3v) is 10.9. The number of nitrogens with zero attached hydrogens (tertiary/aromatic N) is 1. The maximum Gasteiger partial charge on any atom is 0.330 e. The van der Waals surface area contributed by atoms with Gasteiger partial charge in [0.05, 0.1) is 16.9 Å². The molecule has 7 heteroatoms. The molecular formula is C42H75BNO4S. The lowest BCUT2D eigenvalue weighted by molar-refractivity contribution is -0.159. The van der Waals surface area contributed by atoms with Gasteiger partial charge in [-0.1, -0.05) is 117 Å². The first-order valence-corrected chi connectivity index (χ1v) is 20.2. The summed E-state index contributed by atoms with van der Waals surface area (Å²) >= 11 is 4.72. The van der Waals surface area contributed by atoms with E-state index in [1.54, 1.807) is 0 Å². The van der Waals surface area contributed by atoms with Gasteiger partial charge in [0.25, 0.3) is 0 Å². The van der Waals surface area contributed by atoms with Crippen LogP contribution in [0.1, 0.15) is 186 Å². The molecule has 1 heterocycles. The summed E-state index contributed by atoms with van der Waals surface area (Å²) in [6.45, 7) is 28.9. The number of fused-ring (bicyclic) bond motifs is 1. The van der Waals surface area contributed by atoms with Crippen LogP contribution in [0.2, 0.25) is 0 Å². The summed E-state index contributed by atoms with van der Waals surface area (Å²) in [5.41, 5.74) is 2.25. The molecule has 0 aromatic heterocycles. The number of amides is 1. The third-order valence-electron chi connectivity index (χ3n) is 10.4. The van der Waals surface area contributed by atoms with Gasteiger partial charge in [0.1, 0.15) is 5.60 Å². The third kappa shape index (κ3) is 13.2. The van der Waals surface area contributed by atoms with Gasteiger partial charge in [-0.05, 0) is 98.1 Å². The number of unbranched alkanes of at least 4 members (excludes halogenated alkanes) is 3. The number of thiol groups is 1. The summed E-state index contributed by atoms with van der Waals surface area (Å²) in [4.78, 5) is 27.3. The van der Waals surface area contributed by atoms with Gasteiger partial charge in [-0.25, -0.2) is 0 Å². The van der Waals surface area contributed by atoms with Crippen molar-refractivity contribution < 1.29 is 19.0 Å². The highest BCUT2D eigenvalue weighted by atomic mass is 32.1. The maximum atomic E-state index is 14.0. The second-order valence-electron chi connectivity index (χ2n) is 16.7. The number of carbonyl (C=O) groups excluding carboxylic acids is 2. The Morgan fingerprint density at radius 2 is 1.47 bits per heavy atom. The lowest BCUT2D eigenvalue weighted by atomic mass is 9.73. The zero-order valence-electron chi connectivity index (χ0n) is 34.3. The summed E-state index contributed by atoms with van der Waals surface area (Å²) in [7, 11) is 1.85. The first kappa shape index (κ1) is 45.6. The van der Waals surface area contributed by atoms with E-state index in [1.165, 1.54) is 44.1 Å². The largest absolute Gasteiger partial charge is 0.460 e. The van der Waals surface area contributed by atoms with Gasteiger partial charge in [0.2, 0.25) is 5.91 Å². The molecule has 1 aromatic carbocycles. The van der Waals surface area contributed by atoms with E-state index in [4.69, 9.17) is 22.0 Å². The summed E-state index contributed by atoms with van der Waals surface area (Å²) < 4.78 is 11.1. The summed E-state index contributed by atoms with van der Waals surface area (Å²) in [5, 5.41) is 0. The fourth-order valence-corrected chi connectivity index (χ4v) is 6.54. The Morgan fingerprint density at radius 3 is 1.90 bits per heavy atom. The number of anilines is 1. The fourth-order valence-electron chi connectivity index (χ4n) is 6.49. The summed E-state index contributed by atoms with van der Waals surface area (Å²) in [6, 6.07) is 6.86. The highest BCUT2D eigenvalue weighted by Gasteiger charge is 2.53. The van der Waals surface area contributed by atoms with Gasteiger partial charge in [0, 0.05) is 16.5 Å². The summed E-state index contributed by atoms with van der Waals surface area (Å²) in [6.07, 6.45) is 15.0. The Kier molecular flexibility index (Phi) is 19.1. The van der Waals surface area contributed by atoms with Gasteiger partial charge in [-0.3, -0.25) is 9.59 Å². The Morgan fingerprint density at radius 1 is 0.918 bits per heavy atom. The van der Waals surface area contributed by atoms with Crippen molar-refractivity contribution in [3.8, 4) is 0 Å². The molecule has 5 nitrogen and oxygen atoms in total. The number of esters is 1. The van der Waals surface area contributed by atoms with Crippen LogP contribution in [0.4, 0.5) is 5.69 Å². The molecule has 1 amide bonds. The van der Waals surface area contributed by atoms with Gasteiger partial charge in [-0.2, -0.15) is 12.6 Å². The van der Waals surface area contributed by atoms with Crippen LogP contribution < -0.4 is 10.4 Å². The number of carbonyl (C=O) groups is 2. The van der Waals surface area contributed by atoms with Crippen LogP contribution in [0, 0.1) is 11.8 Å². The highest BCUT2D eigenvalue weighted by molar-refractivity contribution is 7.81. The van der Waals surface area contributed by atoms with E-state index in [2.05, 4.69) is 85.4 Å². The average molecular weight is 701 g/mol. The minimum Gasteiger partial charge on any atom is -0.460 e. The summed E-state index contributed by atoms with van der Waals surface area (Å²) in [5.74, 6) is 1.03. The van der Waals surface area contributed by atoms with Crippen LogP contribution in [0.25, 0.3) is 0 Å². The molecule has 2 aliphatic rings. The normalized spacial score (nSPS) is 19.1. The molecule has 0 bridgehead atoms. The van der Waals surface area contributed by atoms with Crippen molar-refractivity contribution in [3.63, 3.8) is 0 Å². The van der Waals surface area contributed by atoms with Crippen LogP contribution >= 0.6 is 12.6 Å². The molecule has 49 heavy (non-hydrogen) atoms. The highest BCUT2D eigenvalue weighted by Crippen LogP contribution is 2.51. The van der Waals surface area contributed by atoms with Crippen LogP contribution in [-0.2, 0) is 24.4 Å². The minimum atomic E-state index is -0.417. The van der Waals surface area contributed by atoms with Gasteiger partial charge >= 0.3 is 13.5 Å².